The summed E-state index contributed by atoms with van der Waals surface area (Å²) >= 11 is 1.68. The molecule has 1 N–H and O–H groups in total. The van der Waals surface area contributed by atoms with Gasteiger partial charge in [0.05, 0.1) is 12.5 Å². The van der Waals surface area contributed by atoms with Gasteiger partial charge in [-0.15, -0.1) is 11.3 Å². The Hall–Kier alpha value is -0.980. The van der Waals surface area contributed by atoms with E-state index in [1.54, 1.807) is 18.4 Å². The van der Waals surface area contributed by atoms with Crippen LogP contribution in [0, 0.1) is 11.3 Å². The van der Waals surface area contributed by atoms with Gasteiger partial charge in [-0.2, -0.15) is 0 Å². The van der Waals surface area contributed by atoms with Crippen LogP contribution in [0.2, 0.25) is 0 Å². The quantitative estimate of drug-likeness (QED) is 0.908. The monoisotopic (exact) mass is 295 g/mol. The van der Waals surface area contributed by atoms with Gasteiger partial charge in [-0.05, 0) is 12.8 Å². The van der Waals surface area contributed by atoms with E-state index in [9.17, 15) is 4.79 Å². The van der Waals surface area contributed by atoms with Gasteiger partial charge in [0.15, 0.2) is 0 Å². The zero-order valence-corrected chi connectivity index (χ0v) is 12.6. The first-order chi connectivity index (χ1) is 9.73. The van der Waals surface area contributed by atoms with E-state index in [1.807, 2.05) is 11.6 Å². The number of carbonyl (C=O) groups excluding carboxylic acids is 1. The van der Waals surface area contributed by atoms with E-state index in [0.29, 0.717) is 0 Å². The maximum Gasteiger partial charge on any atom is 0.224 e. The van der Waals surface area contributed by atoms with Crippen LogP contribution in [0.15, 0.2) is 11.6 Å². The maximum absolute atomic E-state index is 12.2. The van der Waals surface area contributed by atoms with Crippen LogP contribution in [-0.2, 0) is 16.1 Å². The van der Waals surface area contributed by atoms with Crippen molar-refractivity contribution in [1.82, 2.24) is 15.2 Å². The average Bonchev–Trinajstić information content (AvgIpc) is 3.08. The van der Waals surface area contributed by atoms with Gasteiger partial charge in [0.2, 0.25) is 5.91 Å². The first-order valence-electron chi connectivity index (χ1n) is 7.13. The summed E-state index contributed by atoms with van der Waals surface area (Å²) in [6, 6.07) is 0. The molecule has 2 saturated heterocycles. The minimum Gasteiger partial charge on any atom is -0.381 e. The lowest BCUT2D eigenvalue weighted by Crippen LogP contribution is -2.43. The topological polar surface area (TPSA) is 54.5 Å². The number of thiazole rings is 1. The first kappa shape index (κ1) is 14.0. The number of carbonyl (C=O) groups is 1. The summed E-state index contributed by atoms with van der Waals surface area (Å²) in [5.41, 5.74) is 0.0929. The number of aromatic nitrogens is 1. The molecule has 0 aromatic carbocycles. The average molecular weight is 295 g/mol. The number of hydrogen-bond donors (Lipinski definition) is 1. The second-order valence-electron chi connectivity index (χ2n) is 5.74. The van der Waals surface area contributed by atoms with Crippen LogP contribution in [0.1, 0.15) is 17.8 Å². The predicted molar refractivity (Wildman–Crippen MR) is 77.4 cm³/mol. The van der Waals surface area contributed by atoms with E-state index in [-0.39, 0.29) is 17.2 Å². The predicted octanol–water partition coefficient (Wildman–Crippen LogP) is 1.12. The van der Waals surface area contributed by atoms with Crippen LogP contribution in [0.25, 0.3) is 0 Å². The van der Waals surface area contributed by atoms with Crippen molar-refractivity contribution >= 4 is 17.2 Å². The number of nitrogens with one attached hydrogen (secondary N) is 1. The van der Waals surface area contributed by atoms with Gasteiger partial charge in [-0.1, -0.05) is 0 Å². The summed E-state index contributed by atoms with van der Waals surface area (Å²) in [7, 11) is 1.73. The smallest absolute Gasteiger partial charge is 0.224 e. The Kier molecular flexibility index (Phi) is 4.05. The zero-order chi connectivity index (χ0) is 14.0. The van der Waals surface area contributed by atoms with Crippen molar-refractivity contribution in [2.24, 2.45) is 11.3 Å². The molecule has 1 amide bonds. The fraction of sp³-hybridized carbons (Fsp3) is 0.714. The van der Waals surface area contributed by atoms with Gasteiger partial charge >= 0.3 is 0 Å². The number of nitrogens with zero attached hydrogens (tertiary/aromatic N) is 2. The Morgan fingerprint density at radius 1 is 1.60 bits per heavy atom. The molecule has 2 aliphatic heterocycles. The molecule has 110 valence electrons. The number of amides is 1. The standard InChI is InChI=1S/C14H21N3O2S/c1-15-13(18)11-8-17(9-12-16-4-7-20-12)10-14(11)2-5-19-6-3-14/h4,7,11H,2-3,5-6,8-10H2,1H3,(H,15,18). The first-order valence-corrected chi connectivity index (χ1v) is 8.01. The minimum absolute atomic E-state index is 0.0800. The van der Waals surface area contributed by atoms with Crippen LogP contribution in [0.3, 0.4) is 0 Å². The van der Waals surface area contributed by atoms with Crippen LogP contribution in [0.5, 0.6) is 0 Å². The molecule has 20 heavy (non-hydrogen) atoms. The molecular weight excluding hydrogens is 274 g/mol. The van der Waals surface area contributed by atoms with E-state index >= 15 is 0 Å². The molecule has 6 heteroatoms. The Morgan fingerprint density at radius 3 is 3.05 bits per heavy atom. The molecule has 5 nitrogen and oxygen atoms in total. The van der Waals surface area contributed by atoms with Crippen LogP contribution >= 0.6 is 11.3 Å². The summed E-state index contributed by atoms with van der Waals surface area (Å²) < 4.78 is 5.50. The fourth-order valence-electron chi connectivity index (χ4n) is 3.53. The highest BCUT2D eigenvalue weighted by atomic mass is 32.1. The summed E-state index contributed by atoms with van der Waals surface area (Å²) in [6.45, 7) is 4.22. The molecule has 2 aliphatic rings. The van der Waals surface area contributed by atoms with Gasteiger partial charge in [0.25, 0.3) is 0 Å². The third-order valence-electron chi connectivity index (χ3n) is 4.61. The van der Waals surface area contributed by atoms with Crippen molar-refractivity contribution < 1.29 is 9.53 Å². The maximum atomic E-state index is 12.2. The highest BCUT2D eigenvalue weighted by Crippen LogP contribution is 2.44. The minimum atomic E-state index is 0.0800. The van der Waals surface area contributed by atoms with Crippen molar-refractivity contribution in [3.05, 3.63) is 16.6 Å². The zero-order valence-electron chi connectivity index (χ0n) is 11.8. The van der Waals surface area contributed by atoms with Crippen molar-refractivity contribution in [1.29, 1.82) is 0 Å². The van der Waals surface area contributed by atoms with Gasteiger partial charge in [-0.25, -0.2) is 4.98 Å². The van der Waals surface area contributed by atoms with E-state index in [2.05, 4.69) is 15.2 Å². The Morgan fingerprint density at radius 2 is 2.40 bits per heavy atom. The summed E-state index contributed by atoms with van der Waals surface area (Å²) in [4.78, 5) is 19.0. The molecule has 1 spiro atoms. The highest BCUT2D eigenvalue weighted by molar-refractivity contribution is 7.09. The van der Waals surface area contributed by atoms with Gasteiger partial charge in [-0.3, -0.25) is 9.69 Å². The fourth-order valence-corrected chi connectivity index (χ4v) is 4.19. The molecule has 0 aliphatic carbocycles. The van der Waals surface area contributed by atoms with E-state index in [0.717, 1.165) is 50.7 Å². The highest BCUT2D eigenvalue weighted by Gasteiger charge is 2.50. The lowest BCUT2D eigenvalue weighted by molar-refractivity contribution is -0.129. The third kappa shape index (κ3) is 2.60. The molecule has 2 fully saturated rings. The molecule has 3 rings (SSSR count). The Labute approximate surface area is 123 Å². The molecular formula is C14H21N3O2S. The summed E-state index contributed by atoms with van der Waals surface area (Å²) in [6.07, 6.45) is 3.81. The molecule has 3 heterocycles. The van der Waals surface area contributed by atoms with Crippen LogP contribution in [-0.4, -0.2) is 49.1 Å². The molecule has 1 aromatic rings. The van der Waals surface area contributed by atoms with Gasteiger partial charge in [0, 0.05) is 50.3 Å². The largest absolute Gasteiger partial charge is 0.381 e. The lowest BCUT2D eigenvalue weighted by Gasteiger charge is -2.37. The van der Waals surface area contributed by atoms with Gasteiger partial charge < -0.3 is 10.1 Å². The molecule has 0 bridgehead atoms. The summed E-state index contributed by atoms with van der Waals surface area (Å²) in [5.74, 6) is 0.255. The van der Waals surface area contributed by atoms with Crippen LogP contribution in [0.4, 0.5) is 0 Å². The van der Waals surface area contributed by atoms with E-state index in [4.69, 9.17) is 4.74 Å². The van der Waals surface area contributed by atoms with Crippen LogP contribution < -0.4 is 5.32 Å². The number of likely N-dealkylation sites (tertiary alicyclic amines) is 1. The molecule has 0 radical (unpaired) electrons. The van der Waals surface area contributed by atoms with Gasteiger partial charge in [0.1, 0.15) is 5.01 Å². The molecule has 1 unspecified atom stereocenters. The van der Waals surface area contributed by atoms with Crippen molar-refractivity contribution in [3.63, 3.8) is 0 Å². The van der Waals surface area contributed by atoms with Crippen molar-refractivity contribution in [2.45, 2.75) is 19.4 Å². The van der Waals surface area contributed by atoms with E-state index in [1.165, 1.54) is 0 Å². The molecule has 1 aromatic heterocycles. The normalized spacial score (nSPS) is 25.9. The molecule has 1 atom stereocenters. The number of ether oxygens (including phenoxy) is 1. The second kappa shape index (κ2) is 5.79. The second-order valence-corrected chi connectivity index (χ2v) is 6.72. The van der Waals surface area contributed by atoms with E-state index < -0.39 is 0 Å². The lowest BCUT2D eigenvalue weighted by atomic mass is 9.72. The Balaban J connectivity index is 1.75. The van der Waals surface area contributed by atoms with Crippen molar-refractivity contribution in [2.75, 3.05) is 33.4 Å². The number of hydrogen-bond acceptors (Lipinski definition) is 5. The summed E-state index contributed by atoms with van der Waals surface area (Å²) in [5, 5.41) is 5.97. The SMILES string of the molecule is CNC(=O)C1CN(Cc2nccs2)CC12CCOCC2. The molecule has 0 saturated carbocycles. The van der Waals surface area contributed by atoms with Crippen molar-refractivity contribution in [3.8, 4) is 0 Å². The third-order valence-corrected chi connectivity index (χ3v) is 5.38. The Bertz CT molecular complexity index is 457. The number of rotatable bonds is 3.